The lowest BCUT2D eigenvalue weighted by atomic mass is 10.1. The Balaban J connectivity index is 1.42. The van der Waals surface area contributed by atoms with Gasteiger partial charge in [0.15, 0.2) is 0 Å². The molecule has 4 aromatic carbocycles. The van der Waals surface area contributed by atoms with Crippen LogP contribution in [0.25, 0.3) is 16.8 Å². The maximum absolute atomic E-state index is 13.2. The van der Waals surface area contributed by atoms with Crippen molar-refractivity contribution < 1.29 is 35.9 Å². The van der Waals surface area contributed by atoms with Crippen LogP contribution in [0.5, 0.6) is 0 Å². The molecule has 0 saturated carbocycles. The van der Waals surface area contributed by atoms with E-state index in [9.17, 15) is 35.9 Å². The second kappa shape index (κ2) is 12.7. The van der Waals surface area contributed by atoms with Gasteiger partial charge in [-0.1, -0.05) is 42.5 Å². The molecule has 0 aliphatic heterocycles. The summed E-state index contributed by atoms with van der Waals surface area (Å²) in [7, 11) is 0. The molecule has 5 rings (SSSR count). The largest absolute Gasteiger partial charge is 0.416 e. The number of carbonyl (C=O) groups excluding carboxylic acids is 2. The molecule has 0 aliphatic rings. The summed E-state index contributed by atoms with van der Waals surface area (Å²) in [4.78, 5) is 30.2. The number of pyridine rings is 1. The van der Waals surface area contributed by atoms with Crippen LogP contribution >= 0.6 is 0 Å². The van der Waals surface area contributed by atoms with E-state index >= 15 is 0 Å². The normalized spacial score (nSPS) is 12.0. The van der Waals surface area contributed by atoms with Gasteiger partial charge < -0.3 is 10.6 Å². The van der Waals surface area contributed by atoms with Gasteiger partial charge in [-0.25, -0.2) is 0 Å². The lowest BCUT2D eigenvalue weighted by Gasteiger charge is -2.13. The summed E-state index contributed by atoms with van der Waals surface area (Å²) >= 11 is 0. The number of nitrogens with zero attached hydrogens (tertiary/aromatic N) is 1. The van der Waals surface area contributed by atoms with Crippen molar-refractivity contribution >= 4 is 40.0 Å². The van der Waals surface area contributed by atoms with E-state index in [1.807, 2.05) is 30.3 Å². The average molecular weight is 620 g/mol. The number of halogens is 6. The number of hydrogen-bond donors (Lipinski definition) is 2. The van der Waals surface area contributed by atoms with Crippen LogP contribution in [0, 0.1) is 0 Å². The van der Waals surface area contributed by atoms with Crippen molar-refractivity contribution in [2.24, 2.45) is 0 Å². The van der Waals surface area contributed by atoms with Crippen LogP contribution in [-0.2, 0) is 18.8 Å². The second-order valence-electron chi connectivity index (χ2n) is 10.0. The van der Waals surface area contributed by atoms with E-state index in [4.69, 9.17) is 0 Å². The molecule has 0 atom stereocenters. The summed E-state index contributed by atoms with van der Waals surface area (Å²) in [6.45, 7) is 0. The minimum absolute atomic E-state index is 0.145. The summed E-state index contributed by atoms with van der Waals surface area (Å²) < 4.78 is 79.1. The van der Waals surface area contributed by atoms with Crippen LogP contribution in [-0.4, -0.2) is 16.8 Å². The third-order valence-electron chi connectivity index (χ3n) is 6.71. The Kier molecular flexibility index (Phi) is 8.71. The Labute approximate surface area is 253 Å². The summed E-state index contributed by atoms with van der Waals surface area (Å²) in [5.41, 5.74) is -0.929. The first-order chi connectivity index (χ1) is 21.3. The van der Waals surface area contributed by atoms with E-state index in [1.165, 1.54) is 18.2 Å². The first-order valence-electron chi connectivity index (χ1n) is 13.5. The number of alkyl halides is 6. The highest BCUT2D eigenvalue weighted by atomic mass is 19.4. The van der Waals surface area contributed by atoms with E-state index in [-0.39, 0.29) is 28.9 Å². The third kappa shape index (κ3) is 7.94. The van der Waals surface area contributed by atoms with E-state index in [1.54, 1.807) is 30.5 Å². The number of hydrogen-bond acceptors (Lipinski definition) is 3. The molecule has 5 nitrogen and oxygen atoms in total. The maximum Gasteiger partial charge on any atom is 0.416 e. The highest BCUT2D eigenvalue weighted by Crippen LogP contribution is 2.31. The first-order valence-corrected chi connectivity index (χ1v) is 13.5. The van der Waals surface area contributed by atoms with Gasteiger partial charge in [0.25, 0.3) is 11.8 Å². The molecule has 0 radical (unpaired) electrons. The molecule has 2 amide bonds. The van der Waals surface area contributed by atoms with Crippen LogP contribution in [0.2, 0.25) is 0 Å². The van der Waals surface area contributed by atoms with Crippen molar-refractivity contribution in [3.8, 4) is 0 Å². The van der Waals surface area contributed by atoms with Crippen LogP contribution in [0.3, 0.4) is 0 Å². The van der Waals surface area contributed by atoms with Gasteiger partial charge in [0, 0.05) is 34.1 Å². The fourth-order valence-corrected chi connectivity index (χ4v) is 4.54. The number of nitrogens with one attached hydrogen (secondary N) is 2. The molecular weight excluding hydrogens is 596 g/mol. The number of carbonyl (C=O) groups is 2. The topological polar surface area (TPSA) is 71.1 Å². The Morgan fingerprint density at radius 1 is 0.644 bits per heavy atom. The number of benzene rings is 4. The van der Waals surface area contributed by atoms with Crippen molar-refractivity contribution in [2.45, 2.75) is 18.8 Å². The molecule has 0 saturated heterocycles. The second-order valence-corrected chi connectivity index (χ2v) is 10.0. The Bertz CT molecular complexity index is 1830. The van der Waals surface area contributed by atoms with Gasteiger partial charge in [-0.3, -0.25) is 14.6 Å². The number of aromatic nitrogens is 1. The maximum atomic E-state index is 13.2. The summed E-state index contributed by atoms with van der Waals surface area (Å²) in [5, 5.41) is 7.05. The SMILES string of the molecule is O=C(Nc1cc(CC=Cc2cc3ccccc3cn2)cc(NC(=O)c2cccc(C(F)(F)F)c2)c1)c1cccc(C(F)(F)F)c1. The highest BCUT2D eigenvalue weighted by Gasteiger charge is 2.31. The monoisotopic (exact) mass is 619 g/mol. The number of rotatable bonds is 7. The minimum Gasteiger partial charge on any atom is -0.322 e. The van der Waals surface area contributed by atoms with Gasteiger partial charge in [-0.05, 0) is 84.1 Å². The Hall–Kier alpha value is -5.45. The number of fused-ring (bicyclic) bond motifs is 1. The quantitative estimate of drug-likeness (QED) is 0.179. The number of anilines is 2. The van der Waals surface area contributed by atoms with Gasteiger partial charge in [0.1, 0.15) is 0 Å². The van der Waals surface area contributed by atoms with Crippen molar-refractivity contribution in [2.75, 3.05) is 10.6 Å². The third-order valence-corrected chi connectivity index (χ3v) is 6.71. The molecule has 228 valence electrons. The zero-order chi connectivity index (χ0) is 32.2. The molecule has 0 spiro atoms. The minimum atomic E-state index is -4.65. The molecule has 0 aliphatic carbocycles. The van der Waals surface area contributed by atoms with E-state index in [0.717, 1.165) is 47.2 Å². The van der Waals surface area contributed by atoms with E-state index < -0.39 is 35.3 Å². The standard InChI is InChI=1S/C34H23F6N3O2/c35-33(36,37)26-11-4-9-23(16-26)31(44)42-29-14-21(6-3-13-28-18-22-7-1-2-8-25(22)20-41-28)15-30(19-29)43-32(45)24-10-5-12-27(17-24)34(38,39)40/h1-5,7-20H,6H2,(H,42,44)(H,43,45). The average Bonchev–Trinajstić information content (AvgIpc) is 3.00. The van der Waals surface area contributed by atoms with Gasteiger partial charge in [-0.15, -0.1) is 0 Å². The summed E-state index contributed by atoms with van der Waals surface area (Å²) in [6.07, 6.45) is -3.70. The fourth-order valence-electron chi connectivity index (χ4n) is 4.54. The van der Waals surface area contributed by atoms with Gasteiger partial charge in [0.05, 0.1) is 16.8 Å². The van der Waals surface area contributed by atoms with Crippen LogP contribution in [0.4, 0.5) is 37.7 Å². The van der Waals surface area contributed by atoms with Gasteiger partial charge >= 0.3 is 12.4 Å². The van der Waals surface area contributed by atoms with Crippen molar-refractivity contribution in [3.05, 3.63) is 143 Å². The van der Waals surface area contributed by atoms with Crippen molar-refractivity contribution in [3.63, 3.8) is 0 Å². The van der Waals surface area contributed by atoms with Crippen LogP contribution in [0.15, 0.2) is 109 Å². The van der Waals surface area contributed by atoms with Gasteiger partial charge in [0.2, 0.25) is 0 Å². The van der Waals surface area contributed by atoms with Crippen LogP contribution < -0.4 is 10.6 Å². The Morgan fingerprint density at radius 3 is 1.71 bits per heavy atom. The predicted octanol–water partition coefficient (Wildman–Crippen LogP) is 9.03. The molecule has 0 unspecified atom stereocenters. The lowest BCUT2D eigenvalue weighted by molar-refractivity contribution is -0.138. The molecule has 2 N–H and O–H groups in total. The lowest BCUT2D eigenvalue weighted by Crippen LogP contribution is -2.16. The van der Waals surface area contributed by atoms with Gasteiger partial charge in [-0.2, -0.15) is 26.3 Å². The zero-order valence-corrected chi connectivity index (χ0v) is 23.2. The predicted molar refractivity (Wildman–Crippen MR) is 160 cm³/mol. The number of amides is 2. The van der Waals surface area contributed by atoms with E-state index in [2.05, 4.69) is 15.6 Å². The number of allylic oxidation sites excluding steroid dienone is 1. The zero-order valence-electron chi connectivity index (χ0n) is 23.2. The van der Waals surface area contributed by atoms with E-state index in [0.29, 0.717) is 11.3 Å². The molecule has 0 fully saturated rings. The van der Waals surface area contributed by atoms with Crippen molar-refractivity contribution in [1.82, 2.24) is 4.98 Å². The van der Waals surface area contributed by atoms with Crippen LogP contribution in [0.1, 0.15) is 43.1 Å². The molecule has 0 bridgehead atoms. The smallest absolute Gasteiger partial charge is 0.322 e. The molecule has 11 heteroatoms. The Morgan fingerprint density at radius 2 is 1.18 bits per heavy atom. The summed E-state index contributed by atoms with van der Waals surface area (Å²) in [5.74, 6) is -1.66. The molecular formula is C34H23F6N3O2. The fraction of sp³-hybridized carbons (Fsp3) is 0.0882. The molecule has 1 heterocycles. The molecule has 5 aromatic rings. The molecule has 1 aromatic heterocycles. The first kappa shape index (κ1) is 31.0. The highest BCUT2D eigenvalue weighted by molar-refractivity contribution is 6.06. The van der Waals surface area contributed by atoms with Crippen molar-refractivity contribution in [1.29, 1.82) is 0 Å². The summed E-state index contributed by atoms with van der Waals surface area (Å²) in [6, 6.07) is 21.9. The molecule has 45 heavy (non-hydrogen) atoms.